The van der Waals surface area contributed by atoms with E-state index >= 15 is 0 Å². The van der Waals surface area contributed by atoms with Crippen molar-refractivity contribution in [2.24, 2.45) is 11.8 Å². The zero-order valence-corrected chi connectivity index (χ0v) is 13.3. The lowest BCUT2D eigenvalue weighted by atomic mass is 9.91. The minimum atomic E-state index is -0.300. The molecular formula is C16H24N2O2S. The van der Waals surface area contributed by atoms with Gasteiger partial charge in [-0.15, -0.1) is 0 Å². The van der Waals surface area contributed by atoms with Gasteiger partial charge >= 0.3 is 0 Å². The van der Waals surface area contributed by atoms with Crippen molar-refractivity contribution in [3.63, 3.8) is 0 Å². The van der Waals surface area contributed by atoms with E-state index in [0.29, 0.717) is 17.9 Å². The summed E-state index contributed by atoms with van der Waals surface area (Å²) in [4.78, 5) is 11.4. The molecule has 2 unspecified atom stereocenters. The van der Waals surface area contributed by atoms with Crippen molar-refractivity contribution in [1.29, 1.82) is 0 Å². The van der Waals surface area contributed by atoms with Crippen LogP contribution in [0, 0.1) is 5.92 Å². The van der Waals surface area contributed by atoms with Gasteiger partial charge in [0.05, 0.1) is 6.61 Å². The topological polar surface area (TPSA) is 64.3 Å². The van der Waals surface area contributed by atoms with Crippen LogP contribution in [0.2, 0.25) is 0 Å². The van der Waals surface area contributed by atoms with E-state index < -0.39 is 0 Å². The Balaban J connectivity index is 1.72. The van der Waals surface area contributed by atoms with Crippen LogP contribution in [0.25, 0.3) is 0 Å². The molecular weight excluding hydrogens is 284 g/mol. The summed E-state index contributed by atoms with van der Waals surface area (Å²) in [6.45, 7) is 3.01. The van der Waals surface area contributed by atoms with Gasteiger partial charge in [-0.1, -0.05) is 25.8 Å². The third-order valence-corrected chi connectivity index (χ3v) is 5.12. The number of nitrogen functional groups attached to an aromatic ring is 1. The lowest BCUT2D eigenvalue weighted by molar-refractivity contribution is 0.0953. The van der Waals surface area contributed by atoms with Crippen molar-refractivity contribution in [2.45, 2.75) is 37.9 Å². The maximum absolute atomic E-state index is 11.4. The molecule has 2 atom stereocenters. The normalized spacial score (nSPS) is 21.8. The summed E-state index contributed by atoms with van der Waals surface area (Å²) in [6, 6.07) is 7.10. The molecule has 2 rings (SSSR count). The third-order valence-electron chi connectivity index (χ3n) is 3.82. The molecule has 0 aliphatic heterocycles. The molecule has 0 saturated heterocycles. The minimum Gasteiger partial charge on any atom is -0.493 e. The third kappa shape index (κ3) is 5.25. The van der Waals surface area contributed by atoms with E-state index in [1.165, 1.54) is 25.7 Å². The lowest BCUT2D eigenvalue weighted by Crippen LogP contribution is -2.29. The Morgan fingerprint density at radius 1 is 1.48 bits per heavy atom. The molecule has 1 aromatic carbocycles. The second kappa shape index (κ2) is 8.29. The first kappa shape index (κ1) is 16.2. The summed E-state index contributed by atoms with van der Waals surface area (Å²) in [7, 11) is 0. The fourth-order valence-electron chi connectivity index (χ4n) is 2.71. The Bertz CT molecular complexity index is 467. The maximum atomic E-state index is 11.4. The first-order valence-electron chi connectivity index (χ1n) is 7.54. The molecule has 4 nitrogen and oxygen atoms in total. The number of hydrogen-bond acceptors (Lipinski definition) is 4. The molecule has 5 heteroatoms. The number of carbonyl (C=O) groups is 1. The highest BCUT2D eigenvalue weighted by Crippen LogP contribution is 2.31. The molecule has 1 aliphatic rings. The molecule has 0 spiro atoms. The van der Waals surface area contributed by atoms with Crippen molar-refractivity contribution in [2.75, 3.05) is 12.4 Å². The number of hydrogen-bond donors (Lipinski definition) is 2. The molecule has 0 heterocycles. The second-order valence-electron chi connectivity index (χ2n) is 5.61. The van der Waals surface area contributed by atoms with Gasteiger partial charge in [0, 0.05) is 16.6 Å². The van der Waals surface area contributed by atoms with Crippen LogP contribution in [0.1, 0.15) is 43.0 Å². The fourth-order valence-corrected chi connectivity index (χ4v) is 4.03. The summed E-state index contributed by atoms with van der Waals surface area (Å²) in [6.07, 6.45) is 5.40. The van der Waals surface area contributed by atoms with E-state index in [9.17, 15) is 4.79 Å². The summed E-state index contributed by atoms with van der Waals surface area (Å²) >= 11 is 2.01. The van der Waals surface area contributed by atoms with Crippen LogP contribution in [-0.2, 0) is 0 Å². The van der Waals surface area contributed by atoms with Gasteiger partial charge in [0.15, 0.2) is 0 Å². The van der Waals surface area contributed by atoms with E-state index in [1.807, 2.05) is 17.8 Å². The molecule has 116 valence electrons. The molecule has 1 aromatic rings. The van der Waals surface area contributed by atoms with E-state index in [0.717, 1.165) is 16.9 Å². The van der Waals surface area contributed by atoms with Gasteiger partial charge in [-0.05, 0) is 37.0 Å². The summed E-state index contributed by atoms with van der Waals surface area (Å²) in [5.41, 5.74) is 2.64. The van der Waals surface area contributed by atoms with Gasteiger partial charge in [-0.2, -0.15) is 11.8 Å². The first-order valence-corrected chi connectivity index (χ1v) is 8.59. The summed E-state index contributed by atoms with van der Waals surface area (Å²) < 4.78 is 5.72. The molecule has 0 bridgehead atoms. The van der Waals surface area contributed by atoms with Crippen LogP contribution in [0.5, 0.6) is 5.75 Å². The largest absolute Gasteiger partial charge is 0.493 e. The van der Waals surface area contributed by atoms with E-state index in [4.69, 9.17) is 10.6 Å². The molecule has 0 aromatic heterocycles. The van der Waals surface area contributed by atoms with Crippen LogP contribution in [0.15, 0.2) is 24.3 Å². The first-order chi connectivity index (χ1) is 10.2. The van der Waals surface area contributed by atoms with Gasteiger partial charge in [0.1, 0.15) is 5.75 Å². The molecule has 1 amide bonds. The van der Waals surface area contributed by atoms with Crippen molar-refractivity contribution in [1.82, 2.24) is 5.43 Å². The number of rotatable bonds is 6. The second-order valence-corrected chi connectivity index (χ2v) is 7.02. The van der Waals surface area contributed by atoms with Gasteiger partial charge < -0.3 is 4.74 Å². The lowest BCUT2D eigenvalue weighted by Gasteiger charge is -2.26. The number of nitrogens with one attached hydrogen (secondary N) is 1. The SMILES string of the molecule is CC1CCCC(SCCOc2cccc(C(=O)NN)c2)C1. The van der Waals surface area contributed by atoms with Crippen LogP contribution in [0.3, 0.4) is 0 Å². The number of carbonyl (C=O) groups excluding carboxylic acids is 1. The molecule has 1 aliphatic carbocycles. The van der Waals surface area contributed by atoms with Crippen LogP contribution in [-0.4, -0.2) is 23.5 Å². The quantitative estimate of drug-likeness (QED) is 0.367. The van der Waals surface area contributed by atoms with Crippen molar-refractivity contribution in [3.8, 4) is 5.75 Å². The summed E-state index contributed by atoms with van der Waals surface area (Å²) in [5.74, 6) is 7.40. The van der Waals surface area contributed by atoms with E-state index in [2.05, 4.69) is 12.3 Å². The van der Waals surface area contributed by atoms with Gasteiger partial charge in [0.2, 0.25) is 0 Å². The number of benzene rings is 1. The highest BCUT2D eigenvalue weighted by molar-refractivity contribution is 7.99. The Kier molecular flexibility index (Phi) is 6.39. The van der Waals surface area contributed by atoms with Gasteiger partial charge in [-0.3, -0.25) is 10.2 Å². The monoisotopic (exact) mass is 308 g/mol. The number of amides is 1. The Hall–Kier alpha value is -1.20. The smallest absolute Gasteiger partial charge is 0.265 e. The highest BCUT2D eigenvalue weighted by atomic mass is 32.2. The zero-order valence-electron chi connectivity index (χ0n) is 12.5. The standard InChI is InChI=1S/C16H24N2O2S/c1-12-4-2-7-15(10-12)21-9-8-20-14-6-3-5-13(11-14)16(19)18-17/h3,5-6,11-12,15H,2,4,7-10,17H2,1H3,(H,18,19). The number of hydrazine groups is 1. The summed E-state index contributed by atoms with van der Waals surface area (Å²) in [5, 5.41) is 0.784. The molecule has 21 heavy (non-hydrogen) atoms. The number of nitrogens with two attached hydrogens (primary N) is 1. The predicted molar refractivity (Wildman–Crippen MR) is 87.5 cm³/mol. The molecule has 1 fully saturated rings. The maximum Gasteiger partial charge on any atom is 0.265 e. The van der Waals surface area contributed by atoms with E-state index in [-0.39, 0.29) is 5.91 Å². The number of ether oxygens (including phenoxy) is 1. The Morgan fingerprint density at radius 2 is 2.33 bits per heavy atom. The Morgan fingerprint density at radius 3 is 3.10 bits per heavy atom. The minimum absolute atomic E-state index is 0.300. The number of thioether (sulfide) groups is 1. The van der Waals surface area contributed by atoms with E-state index in [1.54, 1.807) is 18.2 Å². The Labute approximate surface area is 130 Å². The molecule has 3 N–H and O–H groups in total. The van der Waals surface area contributed by atoms with Crippen LogP contribution in [0.4, 0.5) is 0 Å². The average molecular weight is 308 g/mol. The molecule has 0 radical (unpaired) electrons. The average Bonchev–Trinajstić information content (AvgIpc) is 2.51. The molecule has 1 saturated carbocycles. The predicted octanol–water partition coefficient (Wildman–Crippen LogP) is 2.98. The van der Waals surface area contributed by atoms with Crippen LogP contribution < -0.4 is 16.0 Å². The van der Waals surface area contributed by atoms with Gasteiger partial charge in [0.25, 0.3) is 5.91 Å². The fraction of sp³-hybridized carbons (Fsp3) is 0.562. The van der Waals surface area contributed by atoms with Crippen molar-refractivity contribution in [3.05, 3.63) is 29.8 Å². The highest BCUT2D eigenvalue weighted by Gasteiger charge is 2.18. The van der Waals surface area contributed by atoms with Crippen LogP contribution >= 0.6 is 11.8 Å². The van der Waals surface area contributed by atoms with Gasteiger partial charge in [-0.25, -0.2) is 5.84 Å². The zero-order chi connectivity index (χ0) is 15.1. The van der Waals surface area contributed by atoms with Crippen molar-refractivity contribution >= 4 is 17.7 Å². The van der Waals surface area contributed by atoms with Crippen molar-refractivity contribution < 1.29 is 9.53 Å².